The average Bonchev–Trinajstić information content (AvgIpc) is 2.52. The summed E-state index contributed by atoms with van der Waals surface area (Å²) in [6.45, 7) is 0.330. The SMILES string of the molecule is O=C(O)NCCC1CCCCc2noc(=O)n21. The largest absolute Gasteiger partial charge is 0.465 e. The second kappa shape index (κ2) is 5.03. The number of carboxylic acid groups (broad SMARTS) is 1. The van der Waals surface area contributed by atoms with Crippen LogP contribution in [0.2, 0.25) is 0 Å². The molecule has 94 valence electrons. The van der Waals surface area contributed by atoms with Gasteiger partial charge in [-0.25, -0.2) is 9.59 Å². The number of rotatable bonds is 3. The molecule has 0 bridgehead atoms. The van der Waals surface area contributed by atoms with E-state index in [1.165, 1.54) is 0 Å². The molecule has 1 atom stereocenters. The van der Waals surface area contributed by atoms with Gasteiger partial charge >= 0.3 is 11.8 Å². The molecule has 2 rings (SSSR count). The van der Waals surface area contributed by atoms with E-state index in [1.54, 1.807) is 4.57 Å². The molecule has 1 aliphatic heterocycles. The smallest absolute Gasteiger partial charge is 0.441 e. The number of nitrogens with zero attached hydrogens (tertiary/aromatic N) is 2. The maximum absolute atomic E-state index is 11.5. The number of fused-ring (bicyclic) bond motifs is 1. The van der Waals surface area contributed by atoms with Crippen molar-refractivity contribution >= 4 is 6.09 Å². The highest BCUT2D eigenvalue weighted by Gasteiger charge is 2.22. The quantitative estimate of drug-likeness (QED) is 0.814. The zero-order chi connectivity index (χ0) is 12.3. The van der Waals surface area contributed by atoms with Gasteiger partial charge in [0.1, 0.15) is 0 Å². The summed E-state index contributed by atoms with van der Waals surface area (Å²) in [5.74, 6) is 0.232. The molecule has 1 aliphatic rings. The molecule has 17 heavy (non-hydrogen) atoms. The van der Waals surface area contributed by atoms with Crippen molar-refractivity contribution in [2.24, 2.45) is 0 Å². The third-order valence-electron chi connectivity index (χ3n) is 3.01. The summed E-state index contributed by atoms with van der Waals surface area (Å²) in [5.41, 5.74) is 0. The van der Waals surface area contributed by atoms with Crippen molar-refractivity contribution in [3.05, 3.63) is 16.4 Å². The fourth-order valence-electron chi connectivity index (χ4n) is 2.22. The predicted molar refractivity (Wildman–Crippen MR) is 58.0 cm³/mol. The van der Waals surface area contributed by atoms with Crippen LogP contribution in [0.5, 0.6) is 0 Å². The lowest BCUT2D eigenvalue weighted by molar-refractivity contribution is 0.193. The van der Waals surface area contributed by atoms with Crippen LogP contribution in [0.25, 0.3) is 0 Å². The fraction of sp³-hybridized carbons (Fsp3) is 0.700. The van der Waals surface area contributed by atoms with Crippen LogP contribution < -0.4 is 11.1 Å². The first-order chi connectivity index (χ1) is 8.18. The van der Waals surface area contributed by atoms with Crippen molar-refractivity contribution in [2.45, 2.75) is 38.1 Å². The Morgan fingerprint density at radius 3 is 3.18 bits per heavy atom. The minimum atomic E-state index is -1.04. The zero-order valence-electron chi connectivity index (χ0n) is 9.39. The van der Waals surface area contributed by atoms with E-state index in [4.69, 9.17) is 5.11 Å². The first-order valence-electron chi connectivity index (χ1n) is 5.72. The number of nitrogens with one attached hydrogen (secondary N) is 1. The van der Waals surface area contributed by atoms with Gasteiger partial charge in [-0.1, -0.05) is 11.6 Å². The van der Waals surface area contributed by atoms with E-state index in [9.17, 15) is 9.59 Å². The van der Waals surface area contributed by atoms with E-state index < -0.39 is 11.8 Å². The van der Waals surface area contributed by atoms with Gasteiger partial charge in [-0.15, -0.1) is 0 Å². The number of aromatic nitrogens is 2. The molecule has 1 amide bonds. The Labute approximate surface area is 97.4 Å². The third kappa shape index (κ3) is 2.66. The molecule has 1 aromatic heterocycles. The standard InChI is InChI=1S/C10H15N3O4/c14-9(15)11-6-5-7-3-1-2-4-8-12-17-10(16)13(7)8/h7,11H,1-6H2,(H,14,15). The number of amides is 1. The molecule has 0 radical (unpaired) electrons. The second-order valence-electron chi connectivity index (χ2n) is 4.15. The van der Waals surface area contributed by atoms with E-state index in [2.05, 4.69) is 15.0 Å². The van der Waals surface area contributed by atoms with Crippen LogP contribution in [0, 0.1) is 0 Å². The van der Waals surface area contributed by atoms with Gasteiger partial charge in [-0.2, -0.15) is 0 Å². The molecule has 0 saturated carbocycles. The summed E-state index contributed by atoms with van der Waals surface area (Å²) in [5, 5.41) is 14.6. The minimum absolute atomic E-state index is 0.0156. The summed E-state index contributed by atoms with van der Waals surface area (Å²) < 4.78 is 6.22. The zero-order valence-corrected chi connectivity index (χ0v) is 9.39. The van der Waals surface area contributed by atoms with Gasteiger partial charge < -0.3 is 10.4 Å². The lowest BCUT2D eigenvalue weighted by atomic mass is 10.1. The molecule has 2 N–H and O–H groups in total. The Hall–Kier alpha value is -1.79. The highest BCUT2D eigenvalue weighted by molar-refractivity contribution is 5.64. The summed E-state index contributed by atoms with van der Waals surface area (Å²) in [7, 11) is 0. The Kier molecular flexibility index (Phi) is 3.46. The van der Waals surface area contributed by atoms with Gasteiger partial charge in [0.25, 0.3) is 0 Å². The third-order valence-corrected chi connectivity index (χ3v) is 3.01. The average molecular weight is 241 g/mol. The molecule has 0 saturated heterocycles. The number of hydrogen-bond donors (Lipinski definition) is 2. The normalized spacial score (nSPS) is 19.4. The van der Waals surface area contributed by atoms with Crippen molar-refractivity contribution in [2.75, 3.05) is 6.54 Å². The molecule has 1 unspecified atom stereocenters. The van der Waals surface area contributed by atoms with Crippen molar-refractivity contribution in [1.29, 1.82) is 0 Å². The van der Waals surface area contributed by atoms with Crippen LogP contribution >= 0.6 is 0 Å². The van der Waals surface area contributed by atoms with E-state index in [0.29, 0.717) is 18.8 Å². The minimum Gasteiger partial charge on any atom is -0.465 e. The van der Waals surface area contributed by atoms with Gasteiger partial charge in [0, 0.05) is 19.0 Å². The van der Waals surface area contributed by atoms with Crippen molar-refractivity contribution in [3.8, 4) is 0 Å². The van der Waals surface area contributed by atoms with Gasteiger partial charge in [0.15, 0.2) is 5.82 Å². The Morgan fingerprint density at radius 2 is 2.41 bits per heavy atom. The topological polar surface area (TPSA) is 97.4 Å². The first kappa shape index (κ1) is 11.7. The lowest BCUT2D eigenvalue weighted by Crippen LogP contribution is -2.28. The highest BCUT2D eigenvalue weighted by Crippen LogP contribution is 2.23. The molecule has 0 fully saturated rings. The van der Waals surface area contributed by atoms with E-state index in [1.807, 2.05) is 0 Å². The number of aryl methyl sites for hydroxylation is 1. The van der Waals surface area contributed by atoms with E-state index in [-0.39, 0.29) is 6.04 Å². The molecule has 2 heterocycles. The van der Waals surface area contributed by atoms with Gasteiger partial charge in [0.2, 0.25) is 0 Å². The van der Waals surface area contributed by atoms with E-state index in [0.717, 1.165) is 25.7 Å². The van der Waals surface area contributed by atoms with Crippen molar-refractivity contribution in [3.63, 3.8) is 0 Å². The first-order valence-corrected chi connectivity index (χ1v) is 5.72. The molecular formula is C10H15N3O4. The molecule has 0 aromatic carbocycles. The summed E-state index contributed by atoms with van der Waals surface area (Å²) >= 11 is 0. The number of carbonyl (C=O) groups is 1. The van der Waals surface area contributed by atoms with E-state index >= 15 is 0 Å². The summed E-state index contributed by atoms with van der Waals surface area (Å²) in [6.07, 6.45) is 3.14. The Bertz CT molecular complexity index is 451. The molecule has 0 aliphatic carbocycles. The van der Waals surface area contributed by atoms with Gasteiger partial charge in [-0.05, 0) is 19.3 Å². The molecule has 7 heteroatoms. The van der Waals surface area contributed by atoms with Crippen LogP contribution in [-0.2, 0) is 6.42 Å². The maximum Gasteiger partial charge on any atom is 0.441 e. The monoisotopic (exact) mass is 241 g/mol. The Balaban J connectivity index is 2.08. The molecule has 0 spiro atoms. The predicted octanol–water partition coefficient (Wildman–Crippen LogP) is 0.761. The van der Waals surface area contributed by atoms with Crippen LogP contribution in [0.4, 0.5) is 4.79 Å². The fourth-order valence-corrected chi connectivity index (χ4v) is 2.22. The van der Waals surface area contributed by atoms with Gasteiger partial charge in [-0.3, -0.25) is 9.09 Å². The molecule has 7 nitrogen and oxygen atoms in total. The van der Waals surface area contributed by atoms with Crippen molar-refractivity contribution in [1.82, 2.24) is 15.0 Å². The van der Waals surface area contributed by atoms with Crippen LogP contribution in [-0.4, -0.2) is 27.5 Å². The number of hydrogen-bond acceptors (Lipinski definition) is 4. The Morgan fingerprint density at radius 1 is 1.59 bits per heavy atom. The van der Waals surface area contributed by atoms with Crippen LogP contribution in [0.3, 0.4) is 0 Å². The highest BCUT2D eigenvalue weighted by atomic mass is 16.5. The van der Waals surface area contributed by atoms with Crippen molar-refractivity contribution < 1.29 is 14.4 Å². The molecule has 1 aromatic rings. The molecular weight excluding hydrogens is 226 g/mol. The summed E-state index contributed by atoms with van der Waals surface area (Å²) in [4.78, 5) is 21.9. The maximum atomic E-state index is 11.5. The summed E-state index contributed by atoms with van der Waals surface area (Å²) in [6, 6.07) is -0.0156. The van der Waals surface area contributed by atoms with Gasteiger partial charge in [0.05, 0.1) is 0 Å². The lowest BCUT2D eigenvalue weighted by Gasteiger charge is -2.15. The van der Waals surface area contributed by atoms with Crippen LogP contribution in [0.15, 0.2) is 9.32 Å². The van der Waals surface area contributed by atoms with Crippen LogP contribution in [0.1, 0.15) is 37.5 Å². The second-order valence-corrected chi connectivity index (χ2v) is 4.15.